The van der Waals surface area contributed by atoms with Gasteiger partial charge in [0.15, 0.2) is 0 Å². The molecule has 2 heteroatoms. The summed E-state index contributed by atoms with van der Waals surface area (Å²) in [5.41, 5.74) is 1.84. The van der Waals surface area contributed by atoms with Gasteiger partial charge < -0.3 is 10.4 Å². The Balaban J connectivity index is 1.95. The number of piperidine rings is 1. The zero-order valence-corrected chi connectivity index (χ0v) is 13.4. The molecule has 1 saturated heterocycles. The minimum Gasteiger partial charge on any atom is -0.390 e. The number of benzene rings is 2. The summed E-state index contributed by atoms with van der Waals surface area (Å²) in [6.07, 6.45) is 1.71. The molecule has 1 heterocycles. The molecule has 2 aromatic carbocycles. The lowest BCUT2D eigenvalue weighted by Gasteiger charge is -2.47. The Labute approximate surface area is 133 Å². The van der Waals surface area contributed by atoms with Crippen LogP contribution >= 0.6 is 0 Å². The van der Waals surface area contributed by atoms with Gasteiger partial charge in [0, 0.05) is 18.0 Å². The Morgan fingerprint density at radius 2 is 1.55 bits per heavy atom. The Morgan fingerprint density at radius 1 is 1.00 bits per heavy atom. The molecule has 4 atom stereocenters. The first-order valence-corrected chi connectivity index (χ1v) is 8.20. The fraction of sp³-hybridized carbons (Fsp3) is 0.400. The van der Waals surface area contributed by atoms with E-state index in [1.807, 2.05) is 19.1 Å². The van der Waals surface area contributed by atoms with E-state index in [1.165, 1.54) is 11.1 Å². The van der Waals surface area contributed by atoms with Gasteiger partial charge in [-0.05, 0) is 30.9 Å². The summed E-state index contributed by atoms with van der Waals surface area (Å²) in [6, 6.07) is 21.3. The summed E-state index contributed by atoms with van der Waals surface area (Å²) in [5.74, 6) is 0.217. The predicted octanol–water partition coefficient (Wildman–Crippen LogP) is 4.24. The lowest BCUT2D eigenvalue weighted by Crippen LogP contribution is -2.51. The average Bonchev–Trinajstić information content (AvgIpc) is 2.55. The molecule has 0 radical (unpaired) electrons. The van der Waals surface area contributed by atoms with Crippen LogP contribution in [0.25, 0.3) is 0 Å². The summed E-state index contributed by atoms with van der Waals surface area (Å²) in [6.45, 7) is 4.16. The molecule has 1 aliphatic rings. The van der Waals surface area contributed by atoms with E-state index in [2.05, 4.69) is 60.8 Å². The summed E-state index contributed by atoms with van der Waals surface area (Å²) in [5, 5.41) is 14.8. The fourth-order valence-corrected chi connectivity index (χ4v) is 3.88. The zero-order chi connectivity index (χ0) is 15.6. The maximum atomic E-state index is 11.1. The van der Waals surface area contributed by atoms with Crippen LogP contribution in [0.15, 0.2) is 60.7 Å². The predicted molar refractivity (Wildman–Crippen MR) is 90.5 cm³/mol. The molecule has 0 aromatic heterocycles. The van der Waals surface area contributed by atoms with Crippen molar-refractivity contribution in [2.24, 2.45) is 5.92 Å². The Bertz CT molecular complexity index is 594. The van der Waals surface area contributed by atoms with Crippen LogP contribution in [0.4, 0.5) is 0 Å². The highest BCUT2D eigenvalue weighted by Crippen LogP contribution is 2.44. The number of aliphatic hydroxyl groups is 1. The van der Waals surface area contributed by atoms with Crippen molar-refractivity contribution in [2.45, 2.75) is 44.4 Å². The number of rotatable bonds is 3. The van der Waals surface area contributed by atoms with Gasteiger partial charge in [-0.25, -0.2) is 0 Å². The van der Waals surface area contributed by atoms with E-state index in [0.29, 0.717) is 0 Å². The van der Waals surface area contributed by atoms with Gasteiger partial charge in [-0.2, -0.15) is 0 Å². The van der Waals surface area contributed by atoms with E-state index in [4.69, 9.17) is 0 Å². The van der Waals surface area contributed by atoms with Crippen LogP contribution in [0.1, 0.15) is 49.9 Å². The summed E-state index contributed by atoms with van der Waals surface area (Å²) < 4.78 is 0. The van der Waals surface area contributed by atoms with E-state index in [0.717, 1.165) is 12.8 Å². The number of hydrogen-bond donors (Lipinski definition) is 2. The van der Waals surface area contributed by atoms with Crippen molar-refractivity contribution in [2.75, 3.05) is 0 Å². The maximum Gasteiger partial charge on any atom is 0.0684 e. The molecule has 1 aliphatic heterocycles. The molecule has 2 nitrogen and oxygen atoms in total. The number of hydrogen-bond acceptors (Lipinski definition) is 2. The van der Waals surface area contributed by atoms with Crippen LogP contribution in [0.3, 0.4) is 0 Å². The normalized spacial score (nSPS) is 31.9. The first-order valence-electron chi connectivity index (χ1n) is 8.20. The van der Waals surface area contributed by atoms with E-state index < -0.39 is 5.60 Å². The quantitative estimate of drug-likeness (QED) is 0.887. The van der Waals surface area contributed by atoms with Crippen LogP contribution in [0.2, 0.25) is 0 Å². The molecule has 0 unspecified atom stereocenters. The molecule has 116 valence electrons. The molecule has 0 aliphatic carbocycles. The topological polar surface area (TPSA) is 32.3 Å². The van der Waals surface area contributed by atoms with Gasteiger partial charge in [-0.1, -0.05) is 67.6 Å². The highest BCUT2D eigenvalue weighted by Gasteiger charge is 2.44. The maximum absolute atomic E-state index is 11.1. The lowest BCUT2D eigenvalue weighted by molar-refractivity contribution is -0.0616. The minimum absolute atomic E-state index is 0.181. The summed E-state index contributed by atoms with van der Waals surface area (Å²) in [4.78, 5) is 0. The van der Waals surface area contributed by atoms with E-state index in [1.54, 1.807) is 0 Å². The molecule has 1 fully saturated rings. The van der Waals surface area contributed by atoms with Gasteiger partial charge in [0.1, 0.15) is 0 Å². The largest absolute Gasteiger partial charge is 0.390 e. The third-order valence-corrected chi connectivity index (χ3v) is 5.00. The molecule has 0 saturated carbocycles. The van der Waals surface area contributed by atoms with Crippen molar-refractivity contribution in [3.05, 3.63) is 71.8 Å². The highest BCUT2D eigenvalue weighted by molar-refractivity contribution is 5.26. The SMILES string of the molecule is CC[C@H]1[C@@H](c2ccccc2)N[C@@H](c2ccccc2)C[C@@]1(C)O. The van der Waals surface area contributed by atoms with Gasteiger partial charge in [0.05, 0.1) is 5.60 Å². The van der Waals surface area contributed by atoms with Crippen molar-refractivity contribution in [3.8, 4) is 0 Å². The van der Waals surface area contributed by atoms with Crippen LogP contribution in [0, 0.1) is 5.92 Å². The van der Waals surface area contributed by atoms with Gasteiger partial charge in [-0.3, -0.25) is 0 Å². The average molecular weight is 295 g/mol. The Hall–Kier alpha value is -1.64. The standard InChI is InChI=1S/C20H25NO/c1-3-17-19(16-12-8-5-9-13-16)21-18(14-20(17,2)22)15-10-6-4-7-11-15/h4-13,17-19,21-22H,3,14H2,1-2H3/t17-,18+,19+,20+/m0/s1. The van der Waals surface area contributed by atoms with Gasteiger partial charge in [0.25, 0.3) is 0 Å². The first kappa shape index (κ1) is 15.3. The smallest absolute Gasteiger partial charge is 0.0684 e. The van der Waals surface area contributed by atoms with E-state index in [-0.39, 0.29) is 18.0 Å². The fourth-order valence-electron chi connectivity index (χ4n) is 3.88. The van der Waals surface area contributed by atoms with Crippen molar-refractivity contribution >= 4 is 0 Å². The van der Waals surface area contributed by atoms with Crippen LogP contribution in [-0.2, 0) is 0 Å². The van der Waals surface area contributed by atoms with Crippen molar-refractivity contribution in [3.63, 3.8) is 0 Å². The lowest BCUT2D eigenvalue weighted by atomic mass is 9.71. The first-order chi connectivity index (χ1) is 10.6. The van der Waals surface area contributed by atoms with Gasteiger partial charge >= 0.3 is 0 Å². The van der Waals surface area contributed by atoms with Crippen LogP contribution in [-0.4, -0.2) is 10.7 Å². The molecule has 2 aromatic rings. The minimum atomic E-state index is -0.666. The third-order valence-electron chi connectivity index (χ3n) is 5.00. The second-order valence-corrected chi connectivity index (χ2v) is 6.59. The second-order valence-electron chi connectivity index (χ2n) is 6.59. The third kappa shape index (κ3) is 2.94. The molecular formula is C20H25NO. The van der Waals surface area contributed by atoms with Gasteiger partial charge in [-0.15, -0.1) is 0 Å². The zero-order valence-electron chi connectivity index (χ0n) is 13.4. The molecule has 0 bridgehead atoms. The monoisotopic (exact) mass is 295 g/mol. The molecule has 22 heavy (non-hydrogen) atoms. The van der Waals surface area contributed by atoms with Gasteiger partial charge in [0.2, 0.25) is 0 Å². The molecule has 3 rings (SSSR count). The van der Waals surface area contributed by atoms with Crippen molar-refractivity contribution in [1.29, 1.82) is 0 Å². The molecule has 0 spiro atoms. The molecule has 0 amide bonds. The van der Waals surface area contributed by atoms with E-state index >= 15 is 0 Å². The van der Waals surface area contributed by atoms with Crippen LogP contribution in [0.5, 0.6) is 0 Å². The highest BCUT2D eigenvalue weighted by atomic mass is 16.3. The Morgan fingerprint density at radius 3 is 2.09 bits per heavy atom. The summed E-state index contributed by atoms with van der Waals surface area (Å²) in [7, 11) is 0. The van der Waals surface area contributed by atoms with E-state index in [9.17, 15) is 5.11 Å². The summed E-state index contributed by atoms with van der Waals surface area (Å²) >= 11 is 0. The second kappa shape index (κ2) is 6.23. The number of nitrogens with one attached hydrogen (secondary N) is 1. The van der Waals surface area contributed by atoms with Crippen molar-refractivity contribution in [1.82, 2.24) is 5.32 Å². The van der Waals surface area contributed by atoms with Crippen LogP contribution < -0.4 is 5.32 Å². The Kier molecular flexibility index (Phi) is 4.32. The molecular weight excluding hydrogens is 270 g/mol. The van der Waals surface area contributed by atoms with Crippen molar-refractivity contribution < 1.29 is 5.11 Å². The molecule has 2 N–H and O–H groups in total.